The van der Waals surface area contributed by atoms with Gasteiger partial charge in [-0.25, -0.2) is 0 Å². The van der Waals surface area contributed by atoms with E-state index in [1.165, 1.54) is 0 Å². The molecule has 0 radical (unpaired) electrons. The van der Waals surface area contributed by atoms with Gasteiger partial charge in [0, 0.05) is 17.2 Å². The van der Waals surface area contributed by atoms with Crippen LogP contribution >= 0.6 is 0 Å². The SMILES string of the molecule is O=C1C=C(O)C(=O)C2=C1C=CCC2. The third kappa shape index (κ3) is 1.13. The van der Waals surface area contributed by atoms with E-state index in [-0.39, 0.29) is 5.78 Å². The molecule has 0 heterocycles. The minimum atomic E-state index is -0.431. The highest BCUT2D eigenvalue weighted by Gasteiger charge is 2.27. The number of carbonyl (C=O) groups is 2. The summed E-state index contributed by atoms with van der Waals surface area (Å²) in [4.78, 5) is 22.6. The first kappa shape index (κ1) is 7.98. The zero-order valence-electron chi connectivity index (χ0n) is 6.91. The number of hydrogen-bond acceptors (Lipinski definition) is 3. The van der Waals surface area contributed by atoms with Crippen LogP contribution in [-0.4, -0.2) is 16.7 Å². The number of aliphatic hydroxyl groups excluding tert-OH is 1. The Hall–Kier alpha value is -1.64. The zero-order valence-corrected chi connectivity index (χ0v) is 6.91. The van der Waals surface area contributed by atoms with E-state index in [0.29, 0.717) is 17.6 Å². The van der Waals surface area contributed by atoms with Gasteiger partial charge in [-0.2, -0.15) is 0 Å². The van der Waals surface area contributed by atoms with Crippen molar-refractivity contribution in [1.82, 2.24) is 0 Å². The number of aliphatic hydroxyl groups is 1. The molecule has 0 amide bonds. The number of rotatable bonds is 0. The van der Waals surface area contributed by atoms with Crippen LogP contribution in [0.5, 0.6) is 0 Å². The van der Waals surface area contributed by atoms with Crippen molar-refractivity contribution in [3.05, 3.63) is 35.1 Å². The van der Waals surface area contributed by atoms with Crippen LogP contribution in [0.25, 0.3) is 0 Å². The molecule has 0 bridgehead atoms. The predicted octanol–water partition coefficient (Wildman–Crippen LogP) is 1.23. The van der Waals surface area contributed by atoms with Crippen LogP contribution in [0.4, 0.5) is 0 Å². The molecule has 2 rings (SSSR count). The third-order valence-electron chi connectivity index (χ3n) is 2.21. The Morgan fingerprint density at radius 1 is 1.31 bits per heavy atom. The molecular formula is C10H8O3. The van der Waals surface area contributed by atoms with Gasteiger partial charge in [0.05, 0.1) is 0 Å². The number of Topliss-reactive ketones (excluding diaryl/α,β-unsaturated/α-hetero) is 1. The van der Waals surface area contributed by atoms with Gasteiger partial charge in [-0.3, -0.25) is 9.59 Å². The van der Waals surface area contributed by atoms with Crippen LogP contribution < -0.4 is 0 Å². The highest BCUT2D eigenvalue weighted by Crippen LogP contribution is 2.26. The molecule has 0 unspecified atom stereocenters. The Morgan fingerprint density at radius 3 is 2.85 bits per heavy atom. The van der Waals surface area contributed by atoms with E-state index < -0.39 is 11.5 Å². The summed E-state index contributed by atoms with van der Waals surface area (Å²) in [6.07, 6.45) is 5.80. The Bertz CT molecular complexity index is 383. The first-order valence-corrected chi connectivity index (χ1v) is 4.09. The lowest BCUT2D eigenvalue weighted by Crippen LogP contribution is -2.19. The fourth-order valence-electron chi connectivity index (χ4n) is 1.55. The Kier molecular flexibility index (Phi) is 1.65. The molecule has 2 aliphatic rings. The van der Waals surface area contributed by atoms with Gasteiger partial charge < -0.3 is 5.11 Å². The largest absolute Gasteiger partial charge is 0.504 e. The maximum absolute atomic E-state index is 11.3. The highest BCUT2D eigenvalue weighted by atomic mass is 16.3. The Balaban J connectivity index is 2.52. The van der Waals surface area contributed by atoms with Crippen LogP contribution in [0.2, 0.25) is 0 Å². The summed E-state index contributed by atoms with van der Waals surface area (Å²) in [5.41, 5.74) is 0.890. The van der Waals surface area contributed by atoms with Crippen molar-refractivity contribution >= 4 is 11.6 Å². The van der Waals surface area contributed by atoms with E-state index in [0.717, 1.165) is 12.5 Å². The van der Waals surface area contributed by atoms with Gasteiger partial charge in [0.25, 0.3) is 0 Å². The first-order valence-electron chi connectivity index (χ1n) is 4.09. The van der Waals surface area contributed by atoms with Gasteiger partial charge in [-0.1, -0.05) is 12.2 Å². The summed E-state index contributed by atoms with van der Waals surface area (Å²) >= 11 is 0. The summed E-state index contributed by atoms with van der Waals surface area (Å²) in [5.74, 6) is -1.11. The Labute approximate surface area is 75.1 Å². The quantitative estimate of drug-likeness (QED) is 0.565. The second-order valence-corrected chi connectivity index (χ2v) is 3.06. The van der Waals surface area contributed by atoms with Crippen LogP contribution in [0.1, 0.15) is 12.8 Å². The highest BCUT2D eigenvalue weighted by molar-refractivity contribution is 6.23. The maximum Gasteiger partial charge on any atom is 0.224 e. The van der Waals surface area contributed by atoms with E-state index in [9.17, 15) is 9.59 Å². The molecule has 1 N–H and O–H groups in total. The summed E-state index contributed by atoms with van der Waals surface area (Å²) in [6, 6.07) is 0. The van der Waals surface area contributed by atoms with Crippen molar-refractivity contribution in [2.24, 2.45) is 0 Å². The molecule has 66 valence electrons. The summed E-state index contributed by atoms with van der Waals surface area (Å²) < 4.78 is 0. The average Bonchev–Trinajstić information content (AvgIpc) is 2.15. The van der Waals surface area contributed by atoms with Gasteiger partial charge in [0.15, 0.2) is 11.5 Å². The number of ketones is 2. The second-order valence-electron chi connectivity index (χ2n) is 3.06. The monoisotopic (exact) mass is 176 g/mol. The minimum absolute atomic E-state index is 0.275. The third-order valence-corrected chi connectivity index (χ3v) is 2.21. The van der Waals surface area contributed by atoms with Crippen LogP contribution in [0.15, 0.2) is 35.1 Å². The van der Waals surface area contributed by atoms with Gasteiger partial charge >= 0.3 is 0 Å². The first-order chi connectivity index (χ1) is 6.20. The topological polar surface area (TPSA) is 54.4 Å². The summed E-state index contributed by atoms with van der Waals surface area (Å²) in [5, 5.41) is 9.12. The average molecular weight is 176 g/mol. The molecule has 0 aromatic carbocycles. The smallest absolute Gasteiger partial charge is 0.224 e. The molecule has 13 heavy (non-hydrogen) atoms. The fourth-order valence-corrected chi connectivity index (χ4v) is 1.55. The molecule has 0 fully saturated rings. The van der Waals surface area contributed by atoms with E-state index in [1.807, 2.05) is 6.08 Å². The minimum Gasteiger partial charge on any atom is -0.504 e. The normalized spacial score (nSPS) is 21.7. The van der Waals surface area contributed by atoms with Crippen molar-refractivity contribution in [3.8, 4) is 0 Å². The predicted molar refractivity (Wildman–Crippen MR) is 46.1 cm³/mol. The maximum atomic E-state index is 11.3. The molecule has 0 atom stereocenters. The summed E-state index contributed by atoms with van der Waals surface area (Å²) in [6.45, 7) is 0. The second kappa shape index (κ2) is 2.69. The van der Waals surface area contributed by atoms with Crippen LogP contribution in [0.3, 0.4) is 0 Å². The fraction of sp³-hybridized carbons (Fsp3) is 0.200. The molecule has 0 aromatic rings. The van der Waals surface area contributed by atoms with E-state index in [4.69, 9.17) is 5.11 Å². The number of hydrogen-bond donors (Lipinski definition) is 1. The zero-order chi connectivity index (χ0) is 9.42. The molecule has 0 saturated carbocycles. The molecule has 0 saturated heterocycles. The van der Waals surface area contributed by atoms with Crippen LogP contribution in [0, 0.1) is 0 Å². The summed E-state index contributed by atoms with van der Waals surface area (Å²) in [7, 11) is 0. The van der Waals surface area contributed by atoms with Crippen molar-refractivity contribution in [1.29, 1.82) is 0 Å². The number of allylic oxidation sites excluding steroid dienone is 5. The number of carbonyl (C=O) groups excluding carboxylic acids is 2. The van der Waals surface area contributed by atoms with Gasteiger partial charge in [0.2, 0.25) is 5.78 Å². The molecule has 0 aromatic heterocycles. The molecule has 0 spiro atoms. The standard InChI is InChI=1S/C10H8O3/c11-8-5-9(12)10(13)7-4-2-1-3-6(7)8/h1,3,5,12H,2,4H2. The molecular weight excluding hydrogens is 168 g/mol. The lowest BCUT2D eigenvalue weighted by molar-refractivity contribution is -0.117. The molecule has 3 heteroatoms. The molecule has 3 nitrogen and oxygen atoms in total. The molecule has 2 aliphatic carbocycles. The van der Waals surface area contributed by atoms with E-state index in [2.05, 4.69) is 0 Å². The van der Waals surface area contributed by atoms with Gasteiger partial charge in [0.1, 0.15) is 0 Å². The van der Waals surface area contributed by atoms with E-state index in [1.54, 1.807) is 6.08 Å². The van der Waals surface area contributed by atoms with Crippen molar-refractivity contribution in [2.75, 3.05) is 0 Å². The van der Waals surface area contributed by atoms with Gasteiger partial charge in [-0.15, -0.1) is 0 Å². The Morgan fingerprint density at radius 2 is 2.08 bits per heavy atom. The van der Waals surface area contributed by atoms with Crippen molar-refractivity contribution in [3.63, 3.8) is 0 Å². The van der Waals surface area contributed by atoms with Gasteiger partial charge in [-0.05, 0) is 12.8 Å². The van der Waals surface area contributed by atoms with E-state index >= 15 is 0 Å². The van der Waals surface area contributed by atoms with Crippen LogP contribution in [-0.2, 0) is 9.59 Å². The van der Waals surface area contributed by atoms with Crippen molar-refractivity contribution < 1.29 is 14.7 Å². The van der Waals surface area contributed by atoms with Crippen molar-refractivity contribution in [2.45, 2.75) is 12.8 Å². The lowest BCUT2D eigenvalue weighted by Gasteiger charge is -2.16. The molecule has 0 aliphatic heterocycles. The lowest BCUT2D eigenvalue weighted by atomic mass is 9.87.